The van der Waals surface area contributed by atoms with Crippen molar-refractivity contribution in [2.24, 2.45) is 0 Å². The Kier molecular flexibility index (Phi) is 6.09. The zero-order chi connectivity index (χ0) is 15.2. The molecule has 1 unspecified atom stereocenters. The second-order valence-electron chi connectivity index (χ2n) is 4.84. The van der Waals surface area contributed by atoms with Crippen molar-refractivity contribution in [3.63, 3.8) is 0 Å². The molecule has 0 aliphatic carbocycles. The highest BCUT2D eigenvalue weighted by atomic mass is 35.5. The third kappa shape index (κ3) is 4.47. The zero-order valence-corrected chi connectivity index (χ0v) is 13.8. The molecule has 0 fully saturated rings. The van der Waals surface area contributed by atoms with Crippen LogP contribution in [0.4, 0.5) is 4.39 Å². The maximum atomic E-state index is 13.7. The maximum Gasteiger partial charge on any atom is 0.128 e. The van der Waals surface area contributed by atoms with Crippen LogP contribution in [0.3, 0.4) is 0 Å². The number of halogens is 2. The summed E-state index contributed by atoms with van der Waals surface area (Å²) in [5.41, 5.74) is 1.82. The van der Waals surface area contributed by atoms with E-state index in [2.05, 4.69) is 43.4 Å². The molecule has 0 amide bonds. The highest BCUT2D eigenvalue weighted by Crippen LogP contribution is 2.29. The molecule has 0 aromatic heterocycles. The monoisotopic (exact) mass is 323 g/mol. The van der Waals surface area contributed by atoms with Crippen molar-refractivity contribution < 1.29 is 4.39 Å². The smallest absolute Gasteiger partial charge is 0.128 e. The maximum absolute atomic E-state index is 13.7. The molecule has 21 heavy (non-hydrogen) atoms. The fourth-order valence-corrected chi connectivity index (χ4v) is 3.34. The van der Waals surface area contributed by atoms with E-state index in [-0.39, 0.29) is 5.82 Å². The summed E-state index contributed by atoms with van der Waals surface area (Å²) in [6.07, 6.45) is 0. The van der Waals surface area contributed by atoms with Crippen LogP contribution in [0.5, 0.6) is 0 Å². The molecule has 0 saturated carbocycles. The number of nitrogens with one attached hydrogen (secondary N) is 1. The largest absolute Gasteiger partial charge is 0.310 e. The molecular formula is C17H19ClFNS. The van der Waals surface area contributed by atoms with Gasteiger partial charge in [-0.3, -0.25) is 0 Å². The molecule has 0 aliphatic rings. The summed E-state index contributed by atoms with van der Waals surface area (Å²) in [6, 6.07) is 13.5. The van der Waals surface area contributed by atoms with Gasteiger partial charge in [0.2, 0.25) is 0 Å². The molecule has 0 radical (unpaired) electrons. The zero-order valence-electron chi connectivity index (χ0n) is 12.2. The third-order valence-electron chi connectivity index (χ3n) is 3.34. The summed E-state index contributed by atoms with van der Waals surface area (Å²) in [4.78, 5) is 1.11. The lowest BCUT2D eigenvalue weighted by Gasteiger charge is -2.13. The predicted octanol–water partition coefficient (Wildman–Crippen LogP) is 5.44. The van der Waals surface area contributed by atoms with Gasteiger partial charge in [0.1, 0.15) is 5.82 Å². The molecule has 2 rings (SSSR count). The molecular weight excluding hydrogens is 305 g/mol. The Hall–Kier alpha value is -1.03. The molecule has 0 bridgehead atoms. The van der Waals surface area contributed by atoms with Gasteiger partial charge in [0.15, 0.2) is 0 Å². The molecule has 1 atom stereocenters. The minimum Gasteiger partial charge on any atom is -0.310 e. The molecule has 2 aromatic carbocycles. The standard InChI is InChI=1S/C17H19ClFNS/c1-3-20-12(2)13-7-9-14(10-8-13)21-11-15-16(18)5-4-6-17(15)19/h4-10,12,20H,3,11H2,1-2H3. The van der Waals surface area contributed by atoms with Gasteiger partial charge < -0.3 is 5.32 Å². The van der Waals surface area contributed by atoms with Crippen LogP contribution in [0, 0.1) is 5.82 Å². The Morgan fingerprint density at radius 1 is 1.19 bits per heavy atom. The summed E-state index contributed by atoms with van der Waals surface area (Å²) in [5, 5.41) is 3.87. The van der Waals surface area contributed by atoms with Gasteiger partial charge in [0, 0.05) is 27.3 Å². The second kappa shape index (κ2) is 7.83. The molecule has 1 N–H and O–H groups in total. The Labute approximate surface area is 134 Å². The molecule has 4 heteroatoms. The first kappa shape index (κ1) is 16.3. The summed E-state index contributed by atoms with van der Waals surface area (Å²) in [7, 11) is 0. The van der Waals surface area contributed by atoms with E-state index in [1.165, 1.54) is 11.6 Å². The molecule has 1 nitrogen and oxygen atoms in total. The molecule has 2 aromatic rings. The lowest BCUT2D eigenvalue weighted by Crippen LogP contribution is -2.17. The van der Waals surface area contributed by atoms with Crippen molar-refractivity contribution in [2.75, 3.05) is 6.54 Å². The fraction of sp³-hybridized carbons (Fsp3) is 0.294. The number of hydrogen-bond donors (Lipinski definition) is 1. The Morgan fingerprint density at radius 2 is 1.90 bits per heavy atom. The second-order valence-corrected chi connectivity index (χ2v) is 6.29. The number of rotatable bonds is 6. The van der Waals surface area contributed by atoms with E-state index in [4.69, 9.17) is 11.6 Å². The van der Waals surface area contributed by atoms with Gasteiger partial charge in [-0.25, -0.2) is 4.39 Å². The summed E-state index contributed by atoms with van der Waals surface area (Å²) in [6.45, 7) is 5.19. The van der Waals surface area contributed by atoms with E-state index in [1.807, 2.05) is 0 Å². The molecule has 0 spiro atoms. The van der Waals surface area contributed by atoms with Crippen LogP contribution in [0.2, 0.25) is 5.02 Å². The topological polar surface area (TPSA) is 12.0 Å². The SMILES string of the molecule is CCNC(C)c1ccc(SCc2c(F)cccc2Cl)cc1. The first-order valence-electron chi connectivity index (χ1n) is 7.01. The average molecular weight is 324 g/mol. The number of benzene rings is 2. The molecule has 0 aliphatic heterocycles. The third-order valence-corrected chi connectivity index (χ3v) is 4.73. The average Bonchev–Trinajstić information content (AvgIpc) is 2.47. The van der Waals surface area contributed by atoms with Crippen LogP contribution < -0.4 is 5.32 Å². The van der Waals surface area contributed by atoms with E-state index in [1.54, 1.807) is 23.9 Å². The van der Waals surface area contributed by atoms with Crippen LogP contribution in [0.15, 0.2) is 47.4 Å². The van der Waals surface area contributed by atoms with Gasteiger partial charge in [-0.1, -0.05) is 36.7 Å². The van der Waals surface area contributed by atoms with Gasteiger partial charge in [-0.15, -0.1) is 11.8 Å². The van der Waals surface area contributed by atoms with Gasteiger partial charge >= 0.3 is 0 Å². The lowest BCUT2D eigenvalue weighted by molar-refractivity contribution is 0.598. The quantitative estimate of drug-likeness (QED) is 0.710. The van der Waals surface area contributed by atoms with Crippen molar-refractivity contribution in [1.82, 2.24) is 5.32 Å². The van der Waals surface area contributed by atoms with Gasteiger partial charge in [0.05, 0.1) is 0 Å². The lowest BCUT2D eigenvalue weighted by atomic mass is 10.1. The van der Waals surface area contributed by atoms with E-state index in [9.17, 15) is 4.39 Å². The summed E-state index contributed by atoms with van der Waals surface area (Å²) in [5.74, 6) is 0.292. The van der Waals surface area contributed by atoms with E-state index >= 15 is 0 Å². The van der Waals surface area contributed by atoms with Crippen LogP contribution in [-0.2, 0) is 5.75 Å². The number of hydrogen-bond acceptors (Lipinski definition) is 2. The van der Waals surface area contributed by atoms with E-state index < -0.39 is 0 Å². The number of thioether (sulfide) groups is 1. The minimum atomic E-state index is -0.243. The summed E-state index contributed by atoms with van der Waals surface area (Å²) < 4.78 is 13.7. The van der Waals surface area contributed by atoms with Crippen LogP contribution in [0.1, 0.15) is 31.0 Å². The van der Waals surface area contributed by atoms with Crippen molar-refractivity contribution in [2.45, 2.75) is 30.5 Å². The Balaban J connectivity index is 2.01. The van der Waals surface area contributed by atoms with Crippen LogP contribution in [0.25, 0.3) is 0 Å². The van der Waals surface area contributed by atoms with Crippen molar-refractivity contribution in [3.8, 4) is 0 Å². The Bertz CT molecular complexity index is 566. The predicted molar refractivity (Wildman–Crippen MR) is 89.5 cm³/mol. The van der Waals surface area contributed by atoms with Gasteiger partial charge in [0.25, 0.3) is 0 Å². The van der Waals surface area contributed by atoms with Crippen LogP contribution >= 0.6 is 23.4 Å². The molecule has 112 valence electrons. The molecule has 0 saturated heterocycles. The van der Waals surface area contributed by atoms with Gasteiger partial charge in [-0.2, -0.15) is 0 Å². The van der Waals surface area contributed by atoms with Crippen molar-refractivity contribution in [1.29, 1.82) is 0 Å². The Morgan fingerprint density at radius 3 is 2.52 bits per heavy atom. The van der Waals surface area contributed by atoms with E-state index in [0.717, 1.165) is 11.4 Å². The normalized spacial score (nSPS) is 12.4. The highest BCUT2D eigenvalue weighted by Gasteiger charge is 2.08. The highest BCUT2D eigenvalue weighted by molar-refractivity contribution is 7.98. The van der Waals surface area contributed by atoms with Crippen molar-refractivity contribution >= 4 is 23.4 Å². The summed E-state index contributed by atoms with van der Waals surface area (Å²) >= 11 is 7.63. The van der Waals surface area contributed by atoms with Gasteiger partial charge in [-0.05, 0) is 43.3 Å². The van der Waals surface area contributed by atoms with Crippen LogP contribution in [-0.4, -0.2) is 6.54 Å². The first-order chi connectivity index (χ1) is 10.1. The molecule has 0 heterocycles. The fourth-order valence-electron chi connectivity index (χ4n) is 2.10. The van der Waals surface area contributed by atoms with E-state index in [0.29, 0.717) is 22.4 Å². The minimum absolute atomic E-state index is 0.243. The van der Waals surface area contributed by atoms with Crippen molar-refractivity contribution in [3.05, 3.63) is 64.4 Å². The first-order valence-corrected chi connectivity index (χ1v) is 8.37.